The largest absolute Gasteiger partial charge is 0.504 e. The third-order valence-electron chi connectivity index (χ3n) is 6.88. The van der Waals surface area contributed by atoms with Crippen LogP contribution in [0.3, 0.4) is 0 Å². The van der Waals surface area contributed by atoms with E-state index in [-0.39, 0.29) is 23.1 Å². The van der Waals surface area contributed by atoms with Gasteiger partial charge in [-0.15, -0.1) is 0 Å². The van der Waals surface area contributed by atoms with Crippen LogP contribution in [-0.4, -0.2) is 68.6 Å². The Hall–Kier alpha value is -1.97. The fraction of sp³-hybridized carbons (Fsp3) is 0.720. The Bertz CT molecular complexity index is 902. The first-order valence-corrected chi connectivity index (χ1v) is 14.6. The average Bonchev–Trinajstić information content (AvgIpc) is 2.69. The lowest BCUT2D eigenvalue weighted by Crippen LogP contribution is -2.54. The van der Waals surface area contributed by atoms with E-state index < -0.39 is 38.7 Å². The minimum Gasteiger partial charge on any atom is -0.504 e. The van der Waals surface area contributed by atoms with E-state index in [0.717, 1.165) is 5.56 Å². The highest BCUT2D eigenvalue weighted by molar-refractivity contribution is 6.74. The molecule has 2 N–H and O–H groups in total. The van der Waals surface area contributed by atoms with Crippen molar-refractivity contribution in [2.75, 3.05) is 27.4 Å². The number of aliphatic hydroxyl groups excluding tert-OH is 1. The topological polar surface area (TPSA) is 97.7 Å². The standard InChI is InChI=1S/C25H43NO7Si/c1-15-21(30-8)17-12-16(14-32-34(10,11)25(5,6)7)26(23(29)33-24(2,3)4)18(13-27)19(17)20(28)22(15)31-9/h16,18,27-28H,12-14H2,1-11H3/t16-,18-/m0/s1. The van der Waals surface area contributed by atoms with E-state index in [1.54, 1.807) is 27.9 Å². The smallest absolute Gasteiger partial charge is 0.411 e. The first kappa shape index (κ1) is 28.3. The average molecular weight is 498 g/mol. The lowest BCUT2D eigenvalue weighted by molar-refractivity contribution is -0.0156. The van der Waals surface area contributed by atoms with E-state index >= 15 is 0 Å². The number of hydrogen-bond acceptors (Lipinski definition) is 7. The van der Waals surface area contributed by atoms with E-state index in [1.807, 2.05) is 6.92 Å². The van der Waals surface area contributed by atoms with Gasteiger partial charge in [-0.05, 0) is 52.2 Å². The molecule has 34 heavy (non-hydrogen) atoms. The number of carbonyl (C=O) groups is 1. The first-order chi connectivity index (χ1) is 15.5. The summed E-state index contributed by atoms with van der Waals surface area (Å²) in [5.41, 5.74) is 1.08. The van der Waals surface area contributed by atoms with Crippen molar-refractivity contribution in [2.24, 2.45) is 0 Å². The Balaban J connectivity index is 2.67. The number of methoxy groups -OCH3 is 2. The second kappa shape index (κ2) is 9.95. The van der Waals surface area contributed by atoms with Gasteiger partial charge in [0.25, 0.3) is 0 Å². The Morgan fingerprint density at radius 3 is 2.09 bits per heavy atom. The SMILES string of the molecule is COc1c(C)c(OC)c2c(c1O)[C@H](CO)N(C(=O)OC(C)(C)C)[C@H](CO[Si](C)(C)C(C)(C)C)C2. The number of amides is 1. The van der Waals surface area contributed by atoms with Crippen LogP contribution in [0, 0.1) is 6.92 Å². The van der Waals surface area contributed by atoms with Gasteiger partial charge >= 0.3 is 6.09 Å². The van der Waals surface area contributed by atoms with E-state index in [4.69, 9.17) is 18.6 Å². The number of rotatable bonds is 6. The number of aliphatic hydroxyl groups is 1. The summed E-state index contributed by atoms with van der Waals surface area (Å²) in [7, 11) is 0.904. The monoisotopic (exact) mass is 497 g/mol. The molecule has 1 aliphatic rings. The lowest BCUT2D eigenvalue weighted by Gasteiger charge is -2.45. The van der Waals surface area contributed by atoms with Gasteiger partial charge in [0.05, 0.1) is 39.5 Å². The second-order valence-corrected chi connectivity index (χ2v) is 16.3. The molecule has 194 valence electrons. The summed E-state index contributed by atoms with van der Waals surface area (Å²) >= 11 is 0. The van der Waals surface area contributed by atoms with Gasteiger partial charge in [0.1, 0.15) is 11.4 Å². The molecular weight excluding hydrogens is 454 g/mol. The van der Waals surface area contributed by atoms with E-state index in [9.17, 15) is 15.0 Å². The third-order valence-corrected chi connectivity index (χ3v) is 11.4. The lowest BCUT2D eigenvalue weighted by atomic mass is 9.85. The van der Waals surface area contributed by atoms with Crippen molar-refractivity contribution in [3.63, 3.8) is 0 Å². The normalized spacial score (nSPS) is 19.0. The maximum absolute atomic E-state index is 13.4. The molecule has 1 amide bonds. The van der Waals surface area contributed by atoms with Gasteiger partial charge in [0, 0.05) is 16.7 Å². The molecule has 8 nitrogen and oxygen atoms in total. The van der Waals surface area contributed by atoms with Crippen molar-refractivity contribution in [1.29, 1.82) is 0 Å². The van der Waals surface area contributed by atoms with Crippen molar-refractivity contribution in [3.05, 3.63) is 16.7 Å². The molecule has 0 radical (unpaired) electrons. The van der Waals surface area contributed by atoms with Crippen LogP contribution in [0.25, 0.3) is 0 Å². The van der Waals surface area contributed by atoms with Crippen LogP contribution in [0.5, 0.6) is 17.2 Å². The summed E-state index contributed by atoms with van der Waals surface area (Å²) < 4.78 is 23.4. The van der Waals surface area contributed by atoms with Crippen LogP contribution >= 0.6 is 0 Å². The number of fused-ring (bicyclic) bond motifs is 1. The molecule has 1 aromatic rings. The van der Waals surface area contributed by atoms with Crippen LogP contribution in [0.15, 0.2) is 0 Å². The number of hydrogen-bond donors (Lipinski definition) is 2. The fourth-order valence-corrected chi connectivity index (χ4v) is 5.18. The Morgan fingerprint density at radius 2 is 1.65 bits per heavy atom. The molecule has 0 bridgehead atoms. The first-order valence-electron chi connectivity index (χ1n) is 11.7. The second-order valence-electron chi connectivity index (χ2n) is 11.4. The number of nitrogens with zero attached hydrogens (tertiary/aromatic N) is 1. The number of ether oxygens (including phenoxy) is 3. The van der Waals surface area contributed by atoms with E-state index in [2.05, 4.69) is 33.9 Å². The Labute approximate surface area is 205 Å². The van der Waals surface area contributed by atoms with Crippen molar-refractivity contribution < 1.29 is 33.6 Å². The summed E-state index contributed by atoms with van der Waals surface area (Å²) in [6, 6.07) is -1.27. The summed E-state index contributed by atoms with van der Waals surface area (Å²) in [5, 5.41) is 21.6. The van der Waals surface area contributed by atoms with Crippen molar-refractivity contribution in [2.45, 2.75) is 90.7 Å². The quantitative estimate of drug-likeness (QED) is 0.538. The molecule has 1 aliphatic heterocycles. The zero-order valence-corrected chi connectivity index (χ0v) is 23.7. The van der Waals surface area contributed by atoms with Gasteiger partial charge < -0.3 is 28.8 Å². The van der Waals surface area contributed by atoms with Gasteiger partial charge in [-0.3, -0.25) is 4.90 Å². The molecular formula is C25H43NO7Si. The summed E-state index contributed by atoms with van der Waals surface area (Å²) in [6.45, 7) is 17.9. The molecule has 2 rings (SSSR count). The maximum atomic E-state index is 13.4. The third kappa shape index (κ3) is 5.47. The summed E-state index contributed by atoms with van der Waals surface area (Å²) in [5.74, 6) is 0.727. The van der Waals surface area contributed by atoms with Crippen LogP contribution in [0.1, 0.15) is 64.3 Å². The molecule has 0 aromatic heterocycles. The van der Waals surface area contributed by atoms with Crippen LogP contribution < -0.4 is 9.47 Å². The fourth-order valence-electron chi connectivity index (χ4n) is 4.14. The number of phenols is 1. The molecule has 0 unspecified atom stereocenters. The number of phenolic OH excluding ortho intramolecular Hbond substituents is 1. The molecule has 0 aliphatic carbocycles. The Morgan fingerprint density at radius 1 is 1.09 bits per heavy atom. The highest BCUT2D eigenvalue weighted by Gasteiger charge is 2.45. The number of benzene rings is 1. The molecule has 1 aromatic carbocycles. The minimum atomic E-state index is -2.12. The minimum absolute atomic E-state index is 0.00733. The molecule has 9 heteroatoms. The summed E-state index contributed by atoms with van der Waals surface area (Å²) in [6.07, 6.45) is -0.194. The predicted molar refractivity (Wildman–Crippen MR) is 134 cm³/mol. The van der Waals surface area contributed by atoms with Gasteiger partial charge in [0.15, 0.2) is 19.8 Å². The van der Waals surface area contributed by atoms with Crippen LogP contribution in [0.2, 0.25) is 18.1 Å². The zero-order chi connectivity index (χ0) is 26.2. The van der Waals surface area contributed by atoms with E-state index in [1.165, 1.54) is 12.0 Å². The van der Waals surface area contributed by atoms with Gasteiger partial charge in [-0.2, -0.15) is 0 Å². The van der Waals surface area contributed by atoms with E-state index in [0.29, 0.717) is 23.3 Å². The molecule has 0 saturated heterocycles. The van der Waals surface area contributed by atoms with Crippen molar-refractivity contribution >= 4 is 14.4 Å². The van der Waals surface area contributed by atoms with Crippen molar-refractivity contribution in [1.82, 2.24) is 4.90 Å². The maximum Gasteiger partial charge on any atom is 0.411 e. The zero-order valence-electron chi connectivity index (χ0n) is 22.7. The van der Waals surface area contributed by atoms with Crippen molar-refractivity contribution in [3.8, 4) is 17.2 Å². The van der Waals surface area contributed by atoms with Crippen LogP contribution in [0.4, 0.5) is 4.79 Å². The molecule has 2 atom stereocenters. The summed E-state index contributed by atoms with van der Waals surface area (Å²) in [4.78, 5) is 14.9. The number of carbonyl (C=O) groups excluding carboxylic acids is 1. The van der Waals surface area contributed by atoms with Crippen LogP contribution in [-0.2, 0) is 15.6 Å². The van der Waals surface area contributed by atoms with Gasteiger partial charge in [0.2, 0.25) is 0 Å². The molecule has 0 saturated carbocycles. The predicted octanol–water partition coefficient (Wildman–Crippen LogP) is 4.93. The molecule has 0 spiro atoms. The molecule has 0 fully saturated rings. The Kier molecular flexibility index (Phi) is 8.27. The highest BCUT2D eigenvalue weighted by atomic mass is 28.4. The number of aromatic hydroxyl groups is 1. The molecule has 1 heterocycles. The van der Waals surface area contributed by atoms with Gasteiger partial charge in [-0.25, -0.2) is 4.79 Å². The van der Waals surface area contributed by atoms with Gasteiger partial charge in [-0.1, -0.05) is 20.8 Å². The highest BCUT2D eigenvalue weighted by Crippen LogP contribution is 2.50.